The molecule has 0 N–H and O–H groups in total. The van der Waals surface area contributed by atoms with E-state index in [2.05, 4.69) is 51.2 Å². The van der Waals surface area contributed by atoms with Gasteiger partial charge < -0.3 is 0 Å². The number of fused-ring (bicyclic) bond motifs is 1. The van der Waals surface area contributed by atoms with Crippen LogP contribution in [0.5, 0.6) is 0 Å². The minimum atomic E-state index is 0.433. The third kappa shape index (κ3) is 2.93. The fourth-order valence-corrected chi connectivity index (χ4v) is 5.28. The average Bonchev–Trinajstić information content (AvgIpc) is 2.54. The summed E-state index contributed by atoms with van der Waals surface area (Å²) in [7, 11) is 2.61. The van der Waals surface area contributed by atoms with Gasteiger partial charge in [-0.3, -0.25) is 0 Å². The van der Waals surface area contributed by atoms with Gasteiger partial charge in [0, 0.05) is 3.42 Å². The highest BCUT2D eigenvalue weighted by molar-refractivity contribution is 14.1. The molecule has 2 aliphatic rings. The van der Waals surface area contributed by atoms with Gasteiger partial charge >= 0.3 is 0 Å². The lowest BCUT2D eigenvalue weighted by atomic mass is 9.50. The molecule has 0 aliphatic heterocycles. The summed E-state index contributed by atoms with van der Waals surface area (Å²) in [6.45, 7) is 7.45. The van der Waals surface area contributed by atoms with Crippen molar-refractivity contribution in [1.29, 1.82) is 0 Å². The molecule has 0 nitrogen and oxygen atoms in total. The summed E-state index contributed by atoms with van der Waals surface area (Å²) >= 11 is 2.74. The Morgan fingerprint density at radius 1 is 1.11 bits per heavy atom. The van der Waals surface area contributed by atoms with E-state index in [4.69, 9.17) is 0 Å². The fourth-order valence-electron chi connectivity index (χ4n) is 4.61. The van der Waals surface area contributed by atoms with Crippen LogP contribution in [-0.2, 0) is 0 Å². The van der Waals surface area contributed by atoms with Crippen molar-refractivity contribution in [3.8, 4) is 0 Å². The standard InChI is InChI=1S/C16H30BI/c1-12-9-10-16(17,15(2,3)18)14-8-6-4-5-7-13(14)11-12/h12-14H,4-11,17H2,1-3H3. The van der Waals surface area contributed by atoms with Crippen molar-refractivity contribution >= 4 is 30.4 Å². The van der Waals surface area contributed by atoms with Crippen LogP contribution in [0.4, 0.5) is 0 Å². The molecule has 0 aromatic heterocycles. The monoisotopic (exact) mass is 360 g/mol. The Morgan fingerprint density at radius 2 is 1.78 bits per heavy atom. The van der Waals surface area contributed by atoms with E-state index in [9.17, 15) is 0 Å². The largest absolute Gasteiger partial charge is 0.111 e. The van der Waals surface area contributed by atoms with Crippen molar-refractivity contribution in [1.82, 2.24) is 0 Å². The summed E-state index contributed by atoms with van der Waals surface area (Å²) in [6, 6.07) is 0. The predicted octanol–water partition coefficient (Wildman–Crippen LogP) is 5.01. The minimum absolute atomic E-state index is 0.433. The van der Waals surface area contributed by atoms with Crippen LogP contribution in [0.15, 0.2) is 0 Å². The maximum atomic E-state index is 2.74. The molecule has 0 radical (unpaired) electrons. The molecule has 0 aromatic rings. The van der Waals surface area contributed by atoms with E-state index in [1.807, 2.05) is 0 Å². The van der Waals surface area contributed by atoms with Crippen LogP contribution < -0.4 is 0 Å². The molecule has 4 unspecified atom stereocenters. The van der Waals surface area contributed by atoms with Gasteiger partial charge in [0.1, 0.15) is 7.85 Å². The zero-order valence-corrected chi connectivity index (χ0v) is 14.9. The van der Waals surface area contributed by atoms with Crippen LogP contribution in [0.1, 0.15) is 72.1 Å². The van der Waals surface area contributed by atoms with E-state index in [0.717, 1.165) is 17.8 Å². The molecule has 0 spiro atoms. The van der Waals surface area contributed by atoms with E-state index < -0.39 is 0 Å². The van der Waals surface area contributed by atoms with Crippen molar-refractivity contribution < 1.29 is 0 Å². The quantitative estimate of drug-likeness (QED) is 0.350. The summed E-state index contributed by atoms with van der Waals surface area (Å²) in [4.78, 5) is 0. The molecule has 0 amide bonds. The Bertz CT molecular complexity index is 283. The summed E-state index contributed by atoms with van der Waals surface area (Å²) in [5.74, 6) is 2.96. The van der Waals surface area contributed by atoms with Crippen LogP contribution >= 0.6 is 22.6 Å². The Kier molecular flexibility index (Phi) is 4.77. The van der Waals surface area contributed by atoms with Gasteiger partial charge in [0.05, 0.1) is 0 Å². The Morgan fingerprint density at radius 3 is 2.44 bits per heavy atom. The molecule has 0 bridgehead atoms. The molecular weight excluding hydrogens is 330 g/mol. The van der Waals surface area contributed by atoms with Gasteiger partial charge in [-0.25, -0.2) is 0 Å². The molecule has 0 aromatic carbocycles. The molecule has 2 fully saturated rings. The highest BCUT2D eigenvalue weighted by atomic mass is 127. The maximum Gasteiger partial charge on any atom is 0.111 e. The lowest BCUT2D eigenvalue weighted by Gasteiger charge is -2.48. The molecule has 0 saturated heterocycles. The van der Waals surface area contributed by atoms with Gasteiger partial charge in [-0.15, -0.1) is 0 Å². The van der Waals surface area contributed by atoms with E-state index in [1.165, 1.54) is 51.4 Å². The second-order valence-corrected chi connectivity index (χ2v) is 10.5. The van der Waals surface area contributed by atoms with E-state index in [0.29, 0.717) is 8.74 Å². The van der Waals surface area contributed by atoms with Gasteiger partial charge in [0.25, 0.3) is 0 Å². The summed E-state index contributed by atoms with van der Waals surface area (Å²) in [5.41, 5.74) is 0. The smallest absolute Gasteiger partial charge is 0.0796 e. The average molecular weight is 360 g/mol. The molecular formula is C16H30BI. The number of rotatable bonds is 1. The minimum Gasteiger partial charge on any atom is -0.0796 e. The van der Waals surface area contributed by atoms with Gasteiger partial charge in [0.2, 0.25) is 0 Å². The molecule has 2 rings (SSSR count). The predicted molar refractivity (Wildman–Crippen MR) is 92.4 cm³/mol. The van der Waals surface area contributed by atoms with Crippen LogP contribution in [-0.4, -0.2) is 11.3 Å². The molecule has 2 aliphatic carbocycles. The van der Waals surface area contributed by atoms with Crippen LogP contribution in [0, 0.1) is 17.8 Å². The SMILES string of the molecule is BC1(C(C)(C)I)CCC(C)CC2CCCCCC21. The number of halogens is 1. The summed E-state index contributed by atoms with van der Waals surface area (Å²) < 4.78 is 0.433. The topological polar surface area (TPSA) is 0 Å². The third-order valence-electron chi connectivity index (χ3n) is 6.20. The Labute approximate surface area is 129 Å². The van der Waals surface area contributed by atoms with Crippen LogP contribution in [0.25, 0.3) is 0 Å². The Hall–Kier alpha value is 0.795. The van der Waals surface area contributed by atoms with Gasteiger partial charge in [-0.05, 0) is 29.5 Å². The number of hydrogen-bond acceptors (Lipinski definition) is 0. The van der Waals surface area contributed by atoms with Gasteiger partial charge in [-0.1, -0.05) is 88.3 Å². The van der Waals surface area contributed by atoms with E-state index in [-0.39, 0.29) is 0 Å². The zero-order valence-electron chi connectivity index (χ0n) is 12.8. The maximum absolute atomic E-state index is 2.74. The Balaban J connectivity index is 2.31. The molecule has 2 saturated carbocycles. The first-order valence-corrected chi connectivity index (χ1v) is 9.11. The summed E-state index contributed by atoms with van der Waals surface area (Å²) in [5, 5.41) is 0.549. The third-order valence-corrected chi connectivity index (χ3v) is 7.43. The van der Waals surface area contributed by atoms with Crippen molar-refractivity contribution in [3.63, 3.8) is 0 Å². The first-order chi connectivity index (χ1) is 8.34. The van der Waals surface area contributed by atoms with Gasteiger partial charge in [-0.2, -0.15) is 0 Å². The molecule has 4 atom stereocenters. The van der Waals surface area contributed by atoms with Crippen LogP contribution in [0.3, 0.4) is 0 Å². The highest BCUT2D eigenvalue weighted by Crippen LogP contribution is 2.60. The fraction of sp³-hybridized carbons (Fsp3) is 1.00. The van der Waals surface area contributed by atoms with Crippen molar-refractivity contribution in [3.05, 3.63) is 0 Å². The molecule has 18 heavy (non-hydrogen) atoms. The van der Waals surface area contributed by atoms with Crippen molar-refractivity contribution in [2.75, 3.05) is 0 Å². The first kappa shape index (κ1) is 15.2. The normalized spacial score (nSPS) is 42.8. The molecule has 0 heterocycles. The van der Waals surface area contributed by atoms with Crippen molar-refractivity contribution in [2.24, 2.45) is 17.8 Å². The number of hydrogen-bond donors (Lipinski definition) is 0. The van der Waals surface area contributed by atoms with Crippen molar-refractivity contribution in [2.45, 2.75) is 80.9 Å². The van der Waals surface area contributed by atoms with E-state index in [1.54, 1.807) is 0 Å². The number of alkyl halides is 1. The zero-order chi connectivity index (χ0) is 13.4. The second kappa shape index (κ2) is 5.65. The lowest BCUT2D eigenvalue weighted by molar-refractivity contribution is 0.202. The highest BCUT2D eigenvalue weighted by Gasteiger charge is 2.49. The lowest BCUT2D eigenvalue weighted by Crippen LogP contribution is -2.41. The van der Waals surface area contributed by atoms with E-state index >= 15 is 0 Å². The molecule has 2 heteroatoms. The summed E-state index contributed by atoms with van der Waals surface area (Å²) in [6.07, 6.45) is 11.9. The van der Waals surface area contributed by atoms with Crippen LogP contribution in [0.2, 0.25) is 5.31 Å². The second-order valence-electron chi connectivity index (χ2n) is 7.77. The molecule has 104 valence electrons. The van der Waals surface area contributed by atoms with Gasteiger partial charge in [0.15, 0.2) is 0 Å². The first-order valence-electron chi connectivity index (χ1n) is 8.03.